The Morgan fingerprint density at radius 3 is 2.71 bits per heavy atom. The lowest BCUT2D eigenvalue weighted by Gasteiger charge is -2.05. The Balaban J connectivity index is 2.11. The summed E-state index contributed by atoms with van der Waals surface area (Å²) in [6.07, 6.45) is 0. The molecule has 0 aliphatic rings. The van der Waals surface area contributed by atoms with E-state index in [4.69, 9.17) is 4.74 Å². The molecule has 0 amide bonds. The minimum Gasteiger partial charge on any atom is -0.494 e. The van der Waals surface area contributed by atoms with Crippen molar-refractivity contribution in [3.63, 3.8) is 0 Å². The fraction of sp³-hybridized carbons (Fsp3) is 0.267. The van der Waals surface area contributed by atoms with Crippen LogP contribution in [0.3, 0.4) is 0 Å². The second-order valence-electron chi connectivity index (χ2n) is 4.50. The van der Waals surface area contributed by atoms with Gasteiger partial charge >= 0.3 is 0 Å². The first-order chi connectivity index (χ1) is 10.1. The van der Waals surface area contributed by atoms with Crippen LogP contribution in [0.15, 0.2) is 40.2 Å². The Bertz CT molecular complexity index is 690. The van der Waals surface area contributed by atoms with Crippen molar-refractivity contribution >= 4 is 11.7 Å². The van der Waals surface area contributed by atoms with Crippen molar-refractivity contribution in [2.24, 2.45) is 5.10 Å². The standard InChI is InChI=1S/C15H18N4O2/c1-4-21-13-7-5-12(6-8-13)11(3)18-19-15-16-10(2)9-14(20)17-15/h5-9H,4H2,1-3H3,(H2,16,17,19,20)/b18-11-. The molecule has 0 radical (unpaired) electrons. The number of aromatic nitrogens is 2. The van der Waals surface area contributed by atoms with Gasteiger partial charge in [0.1, 0.15) is 5.75 Å². The number of nitrogens with one attached hydrogen (secondary N) is 2. The molecule has 1 aromatic heterocycles. The molecule has 2 aromatic rings. The largest absolute Gasteiger partial charge is 0.494 e. The van der Waals surface area contributed by atoms with Gasteiger partial charge in [-0.05, 0) is 50.6 Å². The molecule has 6 heteroatoms. The Kier molecular flexibility index (Phi) is 4.71. The quantitative estimate of drug-likeness (QED) is 0.653. The van der Waals surface area contributed by atoms with Crippen molar-refractivity contribution in [3.05, 3.63) is 51.9 Å². The van der Waals surface area contributed by atoms with Gasteiger partial charge in [0.15, 0.2) is 0 Å². The molecule has 0 unspecified atom stereocenters. The van der Waals surface area contributed by atoms with E-state index in [9.17, 15) is 4.79 Å². The first-order valence-corrected chi connectivity index (χ1v) is 6.70. The number of ether oxygens (including phenoxy) is 1. The number of rotatable bonds is 5. The fourth-order valence-corrected chi connectivity index (χ4v) is 1.79. The number of benzene rings is 1. The second-order valence-corrected chi connectivity index (χ2v) is 4.50. The third kappa shape index (κ3) is 4.17. The number of hydrazone groups is 1. The minimum atomic E-state index is -0.209. The molecule has 0 spiro atoms. The maximum Gasteiger partial charge on any atom is 0.252 e. The van der Waals surface area contributed by atoms with Gasteiger partial charge in [-0.25, -0.2) is 10.4 Å². The summed E-state index contributed by atoms with van der Waals surface area (Å²) in [5.74, 6) is 1.15. The van der Waals surface area contributed by atoms with Gasteiger partial charge in [0.2, 0.25) is 5.95 Å². The van der Waals surface area contributed by atoms with E-state index in [1.54, 1.807) is 6.92 Å². The van der Waals surface area contributed by atoms with Crippen molar-refractivity contribution in [2.75, 3.05) is 12.0 Å². The van der Waals surface area contributed by atoms with E-state index in [0.717, 1.165) is 17.0 Å². The number of hydrogen-bond acceptors (Lipinski definition) is 5. The topological polar surface area (TPSA) is 79.4 Å². The van der Waals surface area contributed by atoms with Gasteiger partial charge in [-0.3, -0.25) is 9.78 Å². The molecule has 0 aliphatic carbocycles. The smallest absolute Gasteiger partial charge is 0.252 e. The Labute approximate surface area is 122 Å². The van der Waals surface area contributed by atoms with Gasteiger partial charge in [-0.15, -0.1) is 0 Å². The first kappa shape index (κ1) is 14.8. The van der Waals surface area contributed by atoms with E-state index in [2.05, 4.69) is 20.5 Å². The molecule has 110 valence electrons. The fourth-order valence-electron chi connectivity index (χ4n) is 1.79. The van der Waals surface area contributed by atoms with E-state index in [0.29, 0.717) is 18.2 Å². The van der Waals surface area contributed by atoms with Crippen molar-refractivity contribution in [2.45, 2.75) is 20.8 Å². The summed E-state index contributed by atoms with van der Waals surface area (Å²) in [5, 5.41) is 4.22. The van der Waals surface area contributed by atoms with Crippen molar-refractivity contribution in [1.82, 2.24) is 9.97 Å². The van der Waals surface area contributed by atoms with E-state index in [-0.39, 0.29) is 5.56 Å². The van der Waals surface area contributed by atoms with E-state index in [1.165, 1.54) is 6.07 Å². The van der Waals surface area contributed by atoms with Gasteiger partial charge in [0.25, 0.3) is 5.56 Å². The summed E-state index contributed by atoms with van der Waals surface area (Å²) in [5.41, 5.74) is 4.92. The van der Waals surface area contributed by atoms with Crippen LogP contribution >= 0.6 is 0 Å². The zero-order chi connectivity index (χ0) is 15.2. The molecule has 0 aliphatic heterocycles. The molecule has 0 atom stereocenters. The lowest BCUT2D eigenvalue weighted by atomic mass is 10.1. The number of nitrogens with zero attached hydrogens (tertiary/aromatic N) is 2. The van der Waals surface area contributed by atoms with Gasteiger partial charge < -0.3 is 4.74 Å². The predicted octanol–water partition coefficient (Wildman–Crippen LogP) is 2.31. The van der Waals surface area contributed by atoms with Gasteiger partial charge in [-0.2, -0.15) is 5.10 Å². The molecule has 1 heterocycles. The summed E-state index contributed by atoms with van der Waals surface area (Å²) in [6, 6.07) is 9.07. The minimum absolute atomic E-state index is 0.209. The van der Waals surface area contributed by atoms with E-state index < -0.39 is 0 Å². The molecule has 21 heavy (non-hydrogen) atoms. The normalized spacial score (nSPS) is 11.3. The average Bonchev–Trinajstić information content (AvgIpc) is 2.45. The Morgan fingerprint density at radius 1 is 1.38 bits per heavy atom. The van der Waals surface area contributed by atoms with E-state index in [1.807, 2.05) is 38.1 Å². The monoisotopic (exact) mass is 286 g/mol. The van der Waals surface area contributed by atoms with Crippen LogP contribution < -0.4 is 15.7 Å². The zero-order valence-corrected chi connectivity index (χ0v) is 12.3. The summed E-state index contributed by atoms with van der Waals surface area (Å²) in [7, 11) is 0. The Hall–Kier alpha value is -2.63. The zero-order valence-electron chi connectivity index (χ0n) is 12.3. The number of H-pyrrole nitrogens is 1. The maximum absolute atomic E-state index is 11.3. The van der Waals surface area contributed by atoms with Crippen LogP contribution in [-0.2, 0) is 0 Å². The molecule has 0 fully saturated rings. The van der Waals surface area contributed by atoms with Crippen LogP contribution in [0, 0.1) is 6.92 Å². The predicted molar refractivity (Wildman–Crippen MR) is 83.0 cm³/mol. The number of anilines is 1. The lowest BCUT2D eigenvalue weighted by molar-refractivity contribution is 0.340. The third-order valence-electron chi connectivity index (χ3n) is 2.78. The SMILES string of the molecule is CCOc1ccc(/C(C)=N\Nc2nc(C)cc(=O)[nH]2)cc1. The second kappa shape index (κ2) is 6.69. The van der Waals surface area contributed by atoms with Crippen LogP contribution in [0.25, 0.3) is 0 Å². The average molecular weight is 286 g/mol. The van der Waals surface area contributed by atoms with Crippen LogP contribution in [0.4, 0.5) is 5.95 Å². The van der Waals surface area contributed by atoms with Gasteiger partial charge in [0, 0.05) is 11.8 Å². The summed E-state index contributed by atoms with van der Waals surface area (Å²) in [4.78, 5) is 18.0. The number of aromatic amines is 1. The van der Waals surface area contributed by atoms with Crippen LogP contribution in [0.5, 0.6) is 5.75 Å². The van der Waals surface area contributed by atoms with Gasteiger partial charge in [-0.1, -0.05) is 0 Å². The highest BCUT2D eigenvalue weighted by atomic mass is 16.5. The van der Waals surface area contributed by atoms with E-state index >= 15 is 0 Å². The van der Waals surface area contributed by atoms with Crippen molar-refractivity contribution in [1.29, 1.82) is 0 Å². The first-order valence-electron chi connectivity index (χ1n) is 6.70. The summed E-state index contributed by atoms with van der Waals surface area (Å²) < 4.78 is 5.39. The molecule has 2 rings (SSSR count). The molecule has 0 saturated heterocycles. The van der Waals surface area contributed by atoms with Crippen LogP contribution in [-0.4, -0.2) is 22.3 Å². The highest BCUT2D eigenvalue weighted by molar-refractivity contribution is 5.99. The number of hydrogen-bond donors (Lipinski definition) is 2. The van der Waals surface area contributed by atoms with Crippen LogP contribution in [0.1, 0.15) is 25.1 Å². The maximum atomic E-state index is 11.3. The molecule has 6 nitrogen and oxygen atoms in total. The Morgan fingerprint density at radius 2 is 2.10 bits per heavy atom. The lowest BCUT2D eigenvalue weighted by Crippen LogP contribution is -2.11. The molecule has 2 N–H and O–H groups in total. The number of aryl methyl sites for hydroxylation is 1. The van der Waals surface area contributed by atoms with Crippen LogP contribution in [0.2, 0.25) is 0 Å². The third-order valence-corrected chi connectivity index (χ3v) is 2.78. The highest BCUT2D eigenvalue weighted by Crippen LogP contribution is 2.12. The molecule has 1 aromatic carbocycles. The van der Waals surface area contributed by atoms with Crippen molar-refractivity contribution in [3.8, 4) is 5.75 Å². The van der Waals surface area contributed by atoms with Gasteiger partial charge in [0.05, 0.1) is 12.3 Å². The highest BCUT2D eigenvalue weighted by Gasteiger charge is 2.00. The molecular formula is C15H18N4O2. The van der Waals surface area contributed by atoms with Crippen molar-refractivity contribution < 1.29 is 4.74 Å². The molecule has 0 bridgehead atoms. The summed E-state index contributed by atoms with van der Waals surface area (Å²) >= 11 is 0. The summed E-state index contributed by atoms with van der Waals surface area (Å²) in [6.45, 7) is 6.21. The molecular weight excluding hydrogens is 268 g/mol. The molecule has 0 saturated carbocycles.